The smallest absolute Gasteiger partial charge is 0.243 e. The molecule has 3 aromatic carbocycles. The van der Waals surface area contributed by atoms with Crippen LogP contribution in [0.4, 0.5) is 0 Å². The largest absolute Gasteiger partial charge is 0.352 e. The highest BCUT2D eigenvalue weighted by molar-refractivity contribution is 7.89. The van der Waals surface area contributed by atoms with Gasteiger partial charge in [0.05, 0.1) is 11.4 Å². The molecule has 218 valence electrons. The summed E-state index contributed by atoms with van der Waals surface area (Å²) in [5.74, 6) is -0.627. The summed E-state index contributed by atoms with van der Waals surface area (Å²) >= 11 is 0. The van der Waals surface area contributed by atoms with E-state index in [9.17, 15) is 18.0 Å². The standard InChI is InChI=1S/C33H41N3O4S/c1-25-18-20-30(21-19-25)41(39,40)35(3)24-32(37)36(23-28-15-11-10-12-26(28)2)31(22-27-13-6-4-7-14-27)33(38)34-29-16-8-5-9-17-29/h4,6-7,10-15,18-21,29,31H,5,8-9,16-17,22-24H2,1-3H3,(H,34,38). The first-order valence-electron chi connectivity index (χ1n) is 14.4. The molecular formula is C33H41N3O4S. The van der Waals surface area contributed by atoms with Crippen molar-refractivity contribution in [3.8, 4) is 0 Å². The Hall–Kier alpha value is -3.49. The van der Waals surface area contributed by atoms with E-state index >= 15 is 0 Å². The van der Waals surface area contributed by atoms with Crippen LogP contribution in [0.3, 0.4) is 0 Å². The predicted molar refractivity (Wildman–Crippen MR) is 162 cm³/mol. The summed E-state index contributed by atoms with van der Waals surface area (Å²) in [6, 6.07) is 23.3. The van der Waals surface area contributed by atoms with Gasteiger partial charge in [0.15, 0.2) is 0 Å². The van der Waals surface area contributed by atoms with Crippen molar-refractivity contribution in [1.29, 1.82) is 0 Å². The molecule has 1 aliphatic carbocycles. The zero-order valence-corrected chi connectivity index (χ0v) is 25.1. The van der Waals surface area contributed by atoms with Crippen molar-refractivity contribution in [1.82, 2.24) is 14.5 Å². The number of amides is 2. The highest BCUT2D eigenvalue weighted by Gasteiger charge is 2.34. The van der Waals surface area contributed by atoms with Gasteiger partial charge in [-0.1, -0.05) is 91.6 Å². The Kier molecular flexibility index (Phi) is 10.3. The molecular weight excluding hydrogens is 534 g/mol. The molecule has 4 rings (SSSR count). The molecule has 7 nitrogen and oxygen atoms in total. The maximum atomic E-state index is 14.1. The first kappa shape index (κ1) is 30.5. The van der Waals surface area contributed by atoms with Crippen molar-refractivity contribution >= 4 is 21.8 Å². The zero-order valence-electron chi connectivity index (χ0n) is 24.3. The van der Waals surface area contributed by atoms with Gasteiger partial charge in [0.1, 0.15) is 6.04 Å². The minimum absolute atomic E-state index is 0.0783. The van der Waals surface area contributed by atoms with Crippen LogP contribution in [0.5, 0.6) is 0 Å². The third-order valence-corrected chi connectivity index (χ3v) is 9.73. The number of hydrogen-bond donors (Lipinski definition) is 1. The van der Waals surface area contributed by atoms with Crippen LogP contribution in [0.1, 0.15) is 54.4 Å². The fourth-order valence-corrected chi connectivity index (χ4v) is 6.45. The first-order chi connectivity index (χ1) is 19.6. The fourth-order valence-electron chi connectivity index (χ4n) is 5.33. The molecule has 0 aromatic heterocycles. The van der Waals surface area contributed by atoms with E-state index in [1.54, 1.807) is 29.2 Å². The fraction of sp³-hybridized carbons (Fsp3) is 0.394. The molecule has 1 aliphatic rings. The van der Waals surface area contributed by atoms with Gasteiger partial charge in [-0.25, -0.2) is 8.42 Å². The quantitative estimate of drug-likeness (QED) is 0.348. The van der Waals surface area contributed by atoms with Gasteiger partial charge >= 0.3 is 0 Å². The normalized spacial score (nSPS) is 14.9. The van der Waals surface area contributed by atoms with Crippen molar-refractivity contribution in [2.75, 3.05) is 13.6 Å². The number of aryl methyl sites for hydroxylation is 2. The van der Waals surface area contributed by atoms with Gasteiger partial charge < -0.3 is 10.2 Å². The van der Waals surface area contributed by atoms with E-state index in [4.69, 9.17) is 0 Å². The summed E-state index contributed by atoms with van der Waals surface area (Å²) in [7, 11) is -2.50. The van der Waals surface area contributed by atoms with Gasteiger partial charge in [-0.3, -0.25) is 9.59 Å². The van der Waals surface area contributed by atoms with E-state index in [0.717, 1.165) is 52.2 Å². The Labute approximate surface area is 244 Å². The lowest BCUT2D eigenvalue weighted by Crippen LogP contribution is -2.54. The number of nitrogens with one attached hydrogen (secondary N) is 1. The Morgan fingerprint density at radius 2 is 1.51 bits per heavy atom. The Bertz CT molecular complexity index is 1420. The van der Waals surface area contributed by atoms with E-state index in [-0.39, 0.29) is 29.9 Å². The number of nitrogens with zero attached hydrogens (tertiary/aromatic N) is 2. The monoisotopic (exact) mass is 575 g/mol. The summed E-state index contributed by atoms with van der Waals surface area (Å²) in [4.78, 5) is 29.7. The van der Waals surface area contributed by atoms with Crippen LogP contribution in [0.2, 0.25) is 0 Å². The lowest BCUT2D eigenvalue weighted by molar-refractivity contribution is -0.141. The number of carbonyl (C=O) groups is 2. The Morgan fingerprint density at radius 1 is 0.878 bits per heavy atom. The maximum Gasteiger partial charge on any atom is 0.243 e. The predicted octanol–water partition coefficient (Wildman–Crippen LogP) is 5.01. The molecule has 0 saturated heterocycles. The number of likely N-dealkylation sites (N-methyl/N-ethyl adjacent to an activating group) is 1. The summed E-state index contributed by atoms with van der Waals surface area (Å²) < 4.78 is 27.8. The minimum atomic E-state index is -3.91. The molecule has 41 heavy (non-hydrogen) atoms. The van der Waals surface area contributed by atoms with Crippen LogP contribution in [0.15, 0.2) is 83.8 Å². The molecule has 1 saturated carbocycles. The average Bonchev–Trinajstić information content (AvgIpc) is 2.97. The Morgan fingerprint density at radius 3 is 2.17 bits per heavy atom. The van der Waals surface area contributed by atoms with Gasteiger partial charge in [0.25, 0.3) is 0 Å². The SMILES string of the molecule is Cc1ccc(S(=O)(=O)N(C)CC(=O)N(Cc2ccccc2C)C(Cc2ccccc2)C(=O)NC2CCCCC2)cc1. The number of rotatable bonds is 11. The van der Waals surface area contributed by atoms with Gasteiger partial charge in [0, 0.05) is 26.1 Å². The summed E-state index contributed by atoms with van der Waals surface area (Å²) in [5.41, 5.74) is 3.78. The number of sulfonamides is 1. The van der Waals surface area contributed by atoms with Crippen LogP contribution in [0.25, 0.3) is 0 Å². The molecule has 1 N–H and O–H groups in total. The van der Waals surface area contributed by atoms with Gasteiger partial charge in [-0.2, -0.15) is 4.31 Å². The summed E-state index contributed by atoms with van der Waals surface area (Å²) in [6.07, 6.45) is 5.48. The lowest BCUT2D eigenvalue weighted by Gasteiger charge is -2.34. The lowest BCUT2D eigenvalue weighted by atomic mass is 9.94. The van der Waals surface area contributed by atoms with Gasteiger partial charge in [-0.15, -0.1) is 0 Å². The highest BCUT2D eigenvalue weighted by atomic mass is 32.2. The van der Waals surface area contributed by atoms with Crippen LogP contribution >= 0.6 is 0 Å². The maximum absolute atomic E-state index is 14.1. The van der Waals surface area contributed by atoms with E-state index in [0.29, 0.717) is 6.42 Å². The minimum Gasteiger partial charge on any atom is -0.352 e. The highest BCUT2D eigenvalue weighted by Crippen LogP contribution is 2.22. The third kappa shape index (κ3) is 8.05. The second-order valence-corrected chi connectivity index (χ2v) is 13.1. The van der Waals surface area contributed by atoms with Crippen molar-refractivity contribution in [2.45, 2.75) is 75.9 Å². The van der Waals surface area contributed by atoms with E-state index < -0.39 is 22.0 Å². The van der Waals surface area contributed by atoms with Crippen LogP contribution in [-0.4, -0.2) is 55.1 Å². The average molecular weight is 576 g/mol. The van der Waals surface area contributed by atoms with Gasteiger partial charge in [-0.05, 0) is 55.5 Å². The second kappa shape index (κ2) is 13.9. The molecule has 0 heterocycles. The van der Waals surface area contributed by atoms with Gasteiger partial charge in [0.2, 0.25) is 21.8 Å². The summed E-state index contributed by atoms with van der Waals surface area (Å²) in [6.45, 7) is 3.67. The molecule has 2 amide bonds. The van der Waals surface area contributed by atoms with E-state index in [1.807, 2.05) is 68.4 Å². The molecule has 0 bridgehead atoms. The molecule has 0 spiro atoms. The molecule has 0 aliphatic heterocycles. The topological polar surface area (TPSA) is 86.8 Å². The molecule has 0 radical (unpaired) electrons. The van der Waals surface area contributed by atoms with Crippen molar-refractivity contribution in [3.63, 3.8) is 0 Å². The van der Waals surface area contributed by atoms with Crippen molar-refractivity contribution < 1.29 is 18.0 Å². The molecule has 1 atom stereocenters. The molecule has 1 fully saturated rings. The van der Waals surface area contributed by atoms with Crippen LogP contribution in [-0.2, 0) is 32.6 Å². The number of hydrogen-bond acceptors (Lipinski definition) is 4. The first-order valence-corrected chi connectivity index (χ1v) is 15.8. The number of carbonyl (C=O) groups excluding carboxylic acids is 2. The molecule has 8 heteroatoms. The van der Waals surface area contributed by atoms with Crippen molar-refractivity contribution in [2.24, 2.45) is 0 Å². The Balaban J connectivity index is 1.66. The van der Waals surface area contributed by atoms with Crippen LogP contribution in [0, 0.1) is 13.8 Å². The molecule has 1 unspecified atom stereocenters. The van der Waals surface area contributed by atoms with E-state index in [2.05, 4.69) is 5.32 Å². The molecule has 3 aromatic rings. The zero-order chi connectivity index (χ0) is 29.4. The third-order valence-electron chi connectivity index (χ3n) is 7.91. The second-order valence-electron chi connectivity index (χ2n) is 11.1. The van der Waals surface area contributed by atoms with Crippen LogP contribution < -0.4 is 5.32 Å². The van der Waals surface area contributed by atoms with Crippen molar-refractivity contribution in [3.05, 3.63) is 101 Å². The summed E-state index contributed by atoms with van der Waals surface area (Å²) in [5, 5.41) is 3.22. The number of benzene rings is 3. The van der Waals surface area contributed by atoms with E-state index in [1.165, 1.54) is 13.5 Å².